The van der Waals surface area contributed by atoms with Crippen LogP contribution in [0.15, 0.2) is 66.7 Å². The van der Waals surface area contributed by atoms with Crippen molar-refractivity contribution in [1.29, 1.82) is 0 Å². The number of carbonyl (C=O) groups is 2. The Bertz CT molecular complexity index is 1820. The highest BCUT2D eigenvalue weighted by Crippen LogP contribution is 2.37. The molecule has 0 radical (unpaired) electrons. The third-order valence-corrected chi connectivity index (χ3v) is 9.78. The number of likely N-dealkylation sites (N-methyl/N-ethyl adjacent to an activating group) is 1. The molecule has 55 heavy (non-hydrogen) atoms. The molecule has 3 N–H and O–H groups in total. The van der Waals surface area contributed by atoms with Crippen LogP contribution in [0.1, 0.15) is 60.2 Å². The molecule has 0 aliphatic carbocycles. The Labute approximate surface area is 324 Å². The molecule has 2 saturated heterocycles. The van der Waals surface area contributed by atoms with E-state index in [1.165, 1.54) is 42.8 Å². The summed E-state index contributed by atoms with van der Waals surface area (Å²) in [6.07, 6.45) is 1.20. The van der Waals surface area contributed by atoms with Crippen LogP contribution in [-0.2, 0) is 17.8 Å². The number of aryl methyl sites for hydroxylation is 2. The monoisotopic (exact) mass is 786 g/mol. The molecule has 2 aliphatic heterocycles. The fourth-order valence-electron chi connectivity index (χ4n) is 6.87. The van der Waals surface area contributed by atoms with Gasteiger partial charge in [-0.05, 0) is 91.4 Å². The van der Waals surface area contributed by atoms with E-state index in [0.717, 1.165) is 75.7 Å². The number of ether oxygens (including phenoxy) is 1. The fourth-order valence-corrected chi connectivity index (χ4v) is 6.87. The number of hydrogen-bond donors (Lipinski definition) is 2. The molecular weight excluding hydrogens is 731 g/mol. The molecule has 8 nitrogen and oxygen atoms in total. The summed E-state index contributed by atoms with van der Waals surface area (Å²) in [5.74, 6) is -0.348. The molecule has 0 spiro atoms. The van der Waals surface area contributed by atoms with Crippen molar-refractivity contribution in [2.75, 3.05) is 58.3 Å². The van der Waals surface area contributed by atoms with Crippen LogP contribution in [-0.4, -0.2) is 92.5 Å². The number of carbonyl (C=O) groups excluding carboxylic acids is 1. The van der Waals surface area contributed by atoms with Crippen LogP contribution >= 0.6 is 9.24 Å². The number of rotatable bonds is 8. The summed E-state index contributed by atoms with van der Waals surface area (Å²) in [6, 6.07) is 22.9. The number of nitrogens with zero attached hydrogens (tertiary/aromatic N) is 3. The van der Waals surface area contributed by atoms with Crippen molar-refractivity contribution in [3.05, 3.63) is 94.8 Å². The van der Waals surface area contributed by atoms with Crippen molar-refractivity contribution in [1.82, 2.24) is 9.80 Å². The Kier molecular flexibility index (Phi) is 17.8. The number of halogens is 4. The molecule has 4 aromatic carbocycles. The third kappa shape index (κ3) is 13.5. The Morgan fingerprint density at radius 2 is 1.58 bits per heavy atom. The minimum absolute atomic E-state index is 0.00659. The summed E-state index contributed by atoms with van der Waals surface area (Å²) in [5.41, 5.74) is 10.5. The lowest BCUT2D eigenvalue weighted by Gasteiger charge is -2.34. The normalized spacial score (nSPS) is 15.5. The first kappa shape index (κ1) is 45.1. The molecule has 2 heterocycles. The Morgan fingerprint density at radius 3 is 2.15 bits per heavy atom. The summed E-state index contributed by atoms with van der Waals surface area (Å²) < 4.78 is 54.4. The predicted molar refractivity (Wildman–Crippen MR) is 218 cm³/mol. The number of primary amides is 1. The Hall–Kier alpha value is -4.25. The van der Waals surface area contributed by atoms with Gasteiger partial charge in [-0.2, -0.15) is 0 Å². The van der Waals surface area contributed by atoms with Crippen LogP contribution in [0.2, 0.25) is 0 Å². The van der Waals surface area contributed by atoms with Gasteiger partial charge in [0.15, 0.2) is 0 Å². The van der Waals surface area contributed by atoms with Crippen molar-refractivity contribution < 1.29 is 37.0 Å². The number of fused-ring (bicyclic) bond motifs is 1. The van der Waals surface area contributed by atoms with Crippen molar-refractivity contribution in [3.63, 3.8) is 0 Å². The minimum Gasteiger partial charge on any atom is -0.496 e. The molecule has 1 atom stereocenters. The van der Waals surface area contributed by atoms with Gasteiger partial charge in [0.2, 0.25) is 6.17 Å². The molecule has 0 bridgehead atoms. The SMILES string of the molecule is CCCc1cccc2c(-c3ccc(CN4CCC(C)(F)CC4)cc3OC)cccc12.Cc1cc(N2CCN(C)CC2)cc(F)c1C(N)=O.FC(F)P.O=CO. The second kappa shape index (κ2) is 21.7. The van der Waals surface area contributed by atoms with E-state index in [1.807, 2.05) is 6.07 Å². The number of carboxylic acid groups (broad SMARTS) is 1. The predicted octanol–water partition coefficient (Wildman–Crippen LogP) is 8.56. The van der Waals surface area contributed by atoms with E-state index in [0.29, 0.717) is 18.4 Å². The number of piperazine rings is 1. The lowest BCUT2D eigenvalue weighted by Crippen LogP contribution is -2.44. The Morgan fingerprint density at radius 1 is 0.982 bits per heavy atom. The standard InChI is InChI=1S/C27H32FNO.C13H18FN3O.CH3F2P.CH2O2/c1-4-7-21-8-5-10-23-22(21)9-6-11-24(23)25-13-12-20(18-26(25)30-3)19-29-16-14-27(2,28)15-17-29;1-9-7-10(8-11(14)12(9)13(15)18)17-5-3-16(2)4-6-17;2-1(3)4;2-1-3/h5-6,8-13,18H,4,7,14-17,19H2,1-3H3;7-8H,3-6H2,1-2H3,(H2,15,18);1H,4H2;1H,(H,2,3). The largest absolute Gasteiger partial charge is 0.496 e. The maximum Gasteiger partial charge on any atom is 0.290 e. The van der Waals surface area contributed by atoms with Crippen molar-refractivity contribution in [2.24, 2.45) is 5.73 Å². The van der Waals surface area contributed by atoms with Gasteiger partial charge in [0.1, 0.15) is 17.2 Å². The first-order valence-corrected chi connectivity index (χ1v) is 19.0. The van der Waals surface area contributed by atoms with E-state index in [4.69, 9.17) is 20.4 Å². The number of hydrogen-bond acceptors (Lipinski definition) is 6. The quantitative estimate of drug-likeness (QED) is 0.105. The van der Waals surface area contributed by atoms with Gasteiger partial charge in [0, 0.05) is 57.1 Å². The van der Waals surface area contributed by atoms with Crippen LogP contribution < -0.4 is 15.4 Å². The fraction of sp³-hybridized carbons (Fsp3) is 0.429. The number of piperidine rings is 1. The number of nitrogens with two attached hydrogens (primary N) is 1. The molecule has 13 heteroatoms. The van der Waals surface area contributed by atoms with E-state index in [-0.39, 0.29) is 12.0 Å². The lowest BCUT2D eigenvalue weighted by atomic mass is 9.93. The molecule has 1 amide bonds. The summed E-state index contributed by atoms with van der Waals surface area (Å²) in [5, 5.41) is 9.48. The maximum absolute atomic E-state index is 14.1. The lowest BCUT2D eigenvalue weighted by molar-refractivity contribution is -0.122. The van der Waals surface area contributed by atoms with E-state index in [1.54, 1.807) is 21.0 Å². The van der Waals surface area contributed by atoms with Gasteiger partial charge in [0.05, 0.1) is 12.7 Å². The molecule has 6 rings (SSSR count). The summed E-state index contributed by atoms with van der Waals surface area (Å²) in [6.45, 7) is 11.5. The first-order chi connectivity index (χ1) is 26.1. The highest BCUT2D eigenvalue weighted by Gasteiger charge is 2.29. The van der Waals surface area contributed by atoms with E-state index in [2.05, 4.69) is 83.3 Å². The highest BCUT2D eigenvalue weighted by atomic mass is 31.0. The second-order valence-electron chi connectivity index (χ2n) is 14.0. The molecular formula is C42H55F4N4O4P. The minimum atomic E-state index is -2.25. The summed E-state index contributed by atoms with van der Waals surface area (Å²) in [7, 11) is 5.13. The van der Waals surface area contributed by atoms with Crippen LogP contribution in [0.5, 0.6) is 5.75 Å². The van der Waals surface area contributed by atoms with Gasteiger partial charge < -0.3 is 25.4 Å². The molecule has 0 saturated carbocycles. The first-order valence-electron chi connectivity index (χ1n) is 18.4. The maximum atomic E-state index is 14.1. The van der Waals surface area contributed by atoms with Crippen LogP contribution in [0.25, 0.3) is 21.9 Å². The van der Waals surface area contributed by atoms with Gasteiger partial charge in [0.25, 0.3) is 12.4 Å². The number of alkyl halides is 3. The molecule has 2 fully saturated rings. The number of amides is 1. The van der Waals surface area contributed by atoms with Gasteiger partial charge in [-0.25, -0.2) is 17.6 Å². The molecule has 300 valence electrons. The van der Waals surface area contributed by atoms with Crippen molar-refractivity contribution in [2.45, 2.75) is 64.8 Å². The topological polar surface area (TPSA) is 99.3 Å². The molecule has 2 aliphatic rings. The van der Waals surface area contributed by atoms with E-state index >= 15 is 0 Å². The zero-order valence-corrected chi connectivity index (χ0v) is 33.6. The van der Waals surface area contributed by atoms with Gasteiger partial charge in [-0.3, -0.25) is 14.5 Å². The van der Waals surface area contributed by atoms with Crippen LogP contribution in [0.4, 0.5) is 23.2 Å². The average molecular weight is 787 g/mol. The van der Waals surface area contributed by atoms with Crippen LogP contribution in [0, 0.1) is 12.7 Å². The molecule has 0 aromatic heterocycles. The average Bonchev–Trinajstić information content (AvgIpc) is 3.13. The van der Waals surface area contributed by atoms with Gasteiger partial charge in [-0.1, -0.05) is 71.1 Å². The molecule has 1 unspecified atom stereocenters. The zero-order valence-electron chi connectivity index (χ0n) is 32.5. The summed E-state index contributed by atoms with van der Waals surface area (Å²) in [4.78, 5) is 26.2. The number of methoxy groups -OCH3 is 1. The number of likely N-dealkylation sites (tertiary alicyclic amines) is 1. The second-order valence-corrected chi connectivity index (χ2v) is 14.5. The summed E-state index contributed by atoms with van der Waals surface area (Å²) >= 11 is 0. The van der Waals surface area contributed by atoms with Crippen molar-refractivity contribution in [3.8, 4) is 16.9 Å². The van der Waals surface area contributed by atoms with Gasteiger partial charge in [-0.15, -0.1) is 0 Å². The van der Waals surface area contributed by atoms with E-state index < -0.39 is 23.6 Å². The number of anilines is 1. The Balaban J connectivity index is 0.000000275. The third-order valence-electron chi connectivity index (χ3n) is 9.78. The molecule has 4 aromatic rings. The van der Waals surface area contributed by atoms with Gasteiger partial charge >= 0.3 is 0 Å². The van der Waals surface area contributed by atoms with Crippen LogP contribution in [0.3, 0.4) is 0 Å². The highest BCUT2D eigenvalue weighted by molar-refractivity contribution is 7.16. The smallest absolute Gasteiger partial charge is 0.290 e. The zero-order chi connectivity index (χ0) is 40.7. The van der Waals surface area contributed by atoms with E-state index in [9.17, 15) is 22.4 Å². The number of benzene rings is 4. The van der Waals surface area contributed by atoms with Crippen molar-refractivity contribution >= 4 is 38.1 Å².